The lowest BCUT2D eigenvalue weighted by atomic mass is 10.0. The van der Waals surface area contributed by atoms with Gasteiger partial charge in [0.25, 0.3) is 0 Å². The summed E-state index contributed by atoms with van der Waals surface area (Å²) in [6.45, 7) is 12.4. The smallest absolute Gasteiger partial charge is 0.0701 e. The normalized spacial score (nSPS) is 11.5. The molecule has 0 aromatic carbocycles. The van der Waals surface area contributed by atoms with Gasteiger partial charge in [0.05, 0.1) is 66.1 Å². The SMILES string of the molecule is CCCCCCCCCCCCCCCCOCCOCCOCCOCCOCCOCCCCCCC. The Kier molecular flexibility index (Phi) is 37.5. The predicted octanol–water partition coefficient (Wildman–Crippen LogP) is 8.54. The topological polar surface area (TPSA) is 55.4 Å². The molecule has 0 aliphatic carbocycles. The van der Waals surface area contributed by atoms with E-state index in [1.54, 1.807) is 0 Å². The van der Waals surface area contributed by atoms with Gasteiger partial charge in [-0.3, -0.25) is 0 Å². The van der Waals surface area contributed by atoms with Crippen LogP contribution in [0, 0.1) is 0 Å². The summed E-state index contributed by atoms with van der Waals surface area (Å²) in [5.74, 6) is 0. The minimum absolute atomic E-state index is 0.583. The second-order valence-corrected chi connectivity index (χ2v) is 10.7. The molecule has 0 aromatic rings. The Labute approximate surface area is 243 Å². The summed E-state index contributed by atoms with van der Waals surface area (Å²) >= 11 is 0. The molecule has 0 amide bonds. The summed E-state index contributed by atoms with van der Waals surface area (Å²) in [6.07, 6.45) is 25.8. The monoisotopic (exact) mass is 561 g/mol. The Hall–Kier alpha value is -0.240. The van der Waals surface area contributed by atoms with Crippen molar-refractivity contribution >= 4 is 0 Å². The van der Waals surface area contributed by atoms with Crippen LogP contribution < -0.4 is 0 Å². The molecule has 0 heterocycles. The summed E-state index contributed by atoms with van der Waals surface area (Å²) in [5.41, 5.74) is 0. The largest absolute Gasteiger partial charge is 0.379 e. The summed E-state index contributed by atoms with van der Waals surface area (Å²) < 4.78 is 33.3. The zero-order valence-electron chi connectivity index (χ0n) is 26.4. The minimum Gasteiger partial charge on any atom is -0.379 e. The first-order chi connectivity index (χ1) is 19.4. The van der Waals surface area contributed by atoms with Crippen LogP contribution in [0.5, 0.6) is 0 Å². The molecule has 0 bridgehead atoms. The quantitative estimate of drug-likeness (QED) is 0.0716. The van der Waals surface area contributed by atoms with Gasteiger partial charge in [0.2, 0.25) is 0 Å². The molecule has 236 valence electrons. The van der Waals surface area contributed by atoms with Gasteiger partial charge in [-0.05, 0) is 12.8 Å². The van der Waals surface area contributed by atoms with E-state index >= 15 is 0 Å². The molecule has 6 nitrogen and oxygen atoms in total. The average Bonchev–Trinajstić information content (AvgIpc) is 2.95. The van der Waals surface area contributed by atoms with Crippen molar-refractivity contribution in [2.24, 2.45) is 0 Å². The van der Waals surface area contributed by atoms with Crippen molar-refractivity contribution in [2.45, 2.75) is 136 Å². The van der Waals surface area contributed by atoms with Gasteiger partial charge in [0, 0.05) is 13.2 Å². The molecule has 0 unspecified atom stereocenters. The van der Waals surface area contributed by atoms with Crippen LogP contribution in [0.2, 0.25) is 0 Å². The van der Waals surface area contributed by atoms with Crippen molar-refractivity contribution in [1.82, 2.24) is 0 Å². The number of rotatable bonds is 36. The van der Waals surface area contributed by atoms with Crippen LogP contribution in [-0.2, 0) is 28.4 Å². The highest BCUT2D eigenvalue weighted by molar-refractivity contribution is 4.49. The van der Waals surface area contributed by atoms with Gasteiger partial charge < -0.3 is 28.4 Å². The maximum Gasteiger partial charge on any atom is 0.0701 e. The van der Waals surface area contributed by atoms with Crippen LogP contribution in [-0.4, -0.2) is 79.3 Å². The highest BCUT2D eigenvalue weighted by atomic mass is 16.6. The highest BCUT2D eigenvalue weighted by Crippen LogP contribution is 2.13. The Morgan fingerprint density at radius 2 is 0.385 bits per heavy atom. The van der Waals surface area contributed by atoms with E-state index < -0.39 is 0 Å². The third-order valence-electron chi connectivity index (χ3n) is 6.89. The first-order valence-corrected chi connectivity index (χ1v) is 16.9. The van der Waals surface area contributed by atoms with Gasteiger partial charge in [-0.15, -0.1) is 0 Å². The van der Waals surface area contributed by atoms with Gasteiger partial charge in [0.1, 0.15) is 0 Å². The van der Waals surface area contributed by atoms with Gasteiger partial charge in [0.15, 0.2) is 0 Å². The minimum atomic E-state index is 0.583. The standard InChI is InChI=1S/C33H68O6/c1-3-5-7-9-10-11-12-13-14-15-16-17-19-21-23-35-25-27-37-29-31-39-33-32-38-30-28-36-26-24-34-22-20-18-8-6-4-2/h3-33H2,1-2H3. The zero-order chi connectivity index (χ0) is 28.2. The van der Waals surface area contributed by atoms with Crippen LogP contribution in [0.4, 0.5) is 0 Å². The fourth-order valence-corrected chi connectivity index (χ4v) is 4.41. The summed E-state index contributed by atoms with van der Waals surface area (Å²) in [7, 11) is 0. The Balaban J connectivity index is 3.01. The number of unbranched alkanes of at least 4 members (excludes halogenated alkanes) is 17. The molecular formula is C33H68O6. The second-order valence-electron chi connectivity index (χ2n) is 10.7. The van der Waals surface area contributed by atoms with Gasteiger partial charge >= 0.3 is 0 Å². The molecular weight excluding hydrogens is 492 g/mol. The van der Waals surface area contributed by atoms with Crippen molar-refractivity contribution in [3.8, 4) is 0 Å². The van der Waals surface area contributed by atoms with Crippen molar-refractivity contribution < 1.29 is 28.4 Å². The van der Waals surface area contributed by atoms with E-state index in [1.807, 2.05) is 0 Å². The summed E-state index contributed by atoms with van der Waals surface area (Å²) in [4.78, 5) is 0. The fourth-order valence-electron chi connectivity index (χ4n) is 4.41. The molecule has 39 heavy (non-hydrogen) atoms. The van der Waals surface area contributed by atoms with E-state index in [0.29, 0.717) is 66.1 Å². The maximum absolute atomic E-state index is 5.67. The van der Waals surface area contributed by atoms with E-state index in [9.17, 15) is 0 Å². The summed E-state index contributed by atoms with van der Waals surface area (Å²) in [5, 5.41) is 0. The highest BCUT2D eigenvalue weighted by Gasteiger charge is 1.96. The van der Waals surface area contributed by atoms with E-state index in [4.69, 9.17) is 28.4 Å². The lowest BCUT2D eigenvalue weighted by molar-refractivity contribution is -0.0169. The molecule has 0 rings (SSSR count). The summed E-state index contributed by atoms with van der Waals surface area (Å²) in [6, 6.07) is 0. The lowest BCUT2D eigenvalue weighted by Crippen LogP contribution is -2.14. The third-order valence-corrected chi connectivity index (χ3v) is 6.89. The zero-order valence-corrected chi connectivity index (χ0v) is 26.4. The molecule has 0 aliphatic heterocycles. The van der Waals surface area contributed by atoms with Crippen LogP contribution in [0.1, 0.15) is 136 Å². The van der Waals surface area contributed by atoms with E-state index in [-0.39, 0.29) is 0 Å². The van der Waals surface area contributed by atoms with Crippen LogP contribution in [0.15, 0.2) is 0 Å². The van der Waals surface area contributed by atoms with E-state index in [0.717, 1.165) is 19.6 Å². The molecule has 0 saturated carbocycles. The number of hydrogen-bond donors (Lipinski definition) is 0. The number of hydrogen-bond acceptors (Lipinski definition) is 6. The van der Waals surface area contributed by atoms with Gasteiger partial charge in [-0.25, -0.2) is 0 Å². The number of ether oxygens (including phenoxy) is 6. The van der Waals surface area contributed by atoms with Crippen molar-refractivity contribution in [1.29, 1.82) is 0 Å². The third kappa shape index (κ3) is 37.8. The van der Waals surface area contributed by atoms with E-state index in [1.165, 1.54) is 116 Å². The first-order valence-electron chi connectivity index (χ1n) is 16.9. The maximum atomic E-state index is 5.67. The van der Waals surface area contributed by atoms with E-state index in [2.05, 4.69) is 13.8 Å². The van der Waals surface area contributed by atoms with Crippen molar-refractivity contribution in [3.63, 3.8) is 0 Å². The molecule has 0 aliphatic rings. The Morgan fingerprint density at radius 1 is 0.205 bits per heavy atom. The van der Waals surface area contributed by atoms with Crippen molar-refractivity contribution in [3.05, 3.63) is 0 Å². The molecule has 0 spiro atoms. The predicted molar refractivity (Wildman–Crippen MR) is 164 cm³/mol. The van der Waals surface area contributed by atoms with Gasteiger partial charge in [-0.1, -0.05) is 123 Å². The Morgan fingerprint density at radius 3 is 0.615 bits per heavy atom. The molecule has 0 aromatic heterocycles. The fraction of sp³-hybridized carbons (Fsp3) is 1.00. The molecule has 0 saturated heterocycles. The van der Waals surface area contributed by atoms with Crippen LogP contribution in [0.3, 0.4) is 0 Å². The molecule has 0 atom stereocenters. The van der Waals surface area contributed by atoms with Gasteiger partial charge in [-0.2, -0.15) is 0 Å². The molecule has 0 radical (unpaired) electrons. The molecule has 6 heteroatoms. The molecule has 0 fully saturated rings. The average molecular weight is 561 g/mol. The Bertz CT molecular complexity index is 374. The van der Waals surface area contributed by atoms with Crippen LogP contribution >= 0.6 is 0 Å². The lowest BCUT2D eigenvalue weighted by Gasteiger charge is -2.08. The first kappa shape index (κ1) is 38.8. The van der Waals surface area contributed by atoms with Crippen LogP contribution in [0.25, 0.3) is 0 Å². The molecule has 0 N–H and O–H groups in total. The van der Waals surface area contributed by atoms with Crippen molar-refractivity contribution in [2.75, 3.05) is 79.3 Å². The second kappa shape index (κ2) is 37.8.